The summed E-state index contributed by atoms with van der Waals surface area (Å²) in [5.41, 5.74) is 7.05. The van der Waals surface area contributed by atoms with Crippen molar-refractivity contribution in [3.63, 3.8) is 0 Å². The van der Waals surface area contributed by atoms with Crippen LogP contribution in [0.4, 0.5) is 17.3 Å². The van der Waals surface area contributed by atoms with E-state index in [1.807, 2.05) is 31.5 Å². The molecule has 2 aromatic carbocycles. The van der Waals surface area contributed by atoms with Crippen molar-refractivity contribution in [3.8, 4) is 5.75 Å². The monoisotopic (exact) mass is 504 g/mol. The van der Waals surface area contributed by atoms with Gasteiger partial charge in [-0.1, -0.05) is 6.92 Å². The van der Waals surface area contributed by atoms with Gasteiger partial charge < -0.3 is 19.9 Å². The molecule has 2 heterocycles. The number of carbonyl (C=O) groups excluding carboxylic acids is 1. The molecule has 0 unspecified atom stereocenters. The van der Waals surface area contributed by atoms with Crippen LogP contribution in [0.15, 0.2) is 54.9 Å². The molecular formula is C28H36N6O3. The zero-order valence-electron chi connectivity index (χ0n) is 21.9. The van der Waals surface area contributed by atoms with Crippen molar-refractivity contribution < 1.29 is 14.4 Å². The van der Waals surface area contributed by atoms with Crippen molar-refractivity contribution in [1.29, 1.82) is 0 Å². The molecule has 1 aliphatic rings. The van der Waals surface area contributed by atoms with Crippen molar-refractivity contribution in [2.75, 3.05) is 56.7 Å². The fourth-order valence-corrected chi connectivity index (χ4v) is 4.38. The zero-order valence-corrected chi connectivity index (χ0v) is 21.9. The Morgan fingerprint density at radius 1 is 0.946 bits per heavy atom. The van der Waals surface area contributed by atoms with E-state index in [-0.39, 0.29) is 5.91 Å². The third-order valence-corrected chi connectivity index (χ3v) is 6.45. The molecule has 1 aliphatic heterocycles. The molecule has 0 atom stereocenters. The van der Waals surface area contributed by atoms with Crippen LogP contribution in [0.3, 0.4) is 0 Å². The number of aryl methyl sites for hydroxylation is 2. The lowest BCUT2D eigenvalue weighted by molar-refractivity contribution is 0.0537. The van der Waals surface area contributed by atoms with Gasteiger partial charge in [-0.05, 0) is 79.9 Å². The molecule has 196 valence electrons. The maximum Gasteiger partial charge on any atom is 0.274 e. The Kier molecular flexibility index (Phi) is 9.29. The van der Waals surface area contributed by atoms with Gasteiger partial charge in [-0.2, -0.15) is 0 Å². The zero-order chi connectivity index (χ0) is 26.0. The van der Waals surface area contributed by atoms with Crippen LogP contribution in [0.2, 0.25) is 0 Å². The predicted octanol–water partition coefficient (Wildman–Crippen LogP) is 3.84. The fraction of sp³-hybridized carbons (Fsp3) is 0.393. The average Bonchev–Trinajstić information content (AvgIpc) is 2.93. The lowest BCUT2D eigenvalue weighted by atomic mass is 10.0. The van der Waals surface area contributed by atoms with E-state index in [9.17, 15) is 4.79 Å². The molecule has 3 aromatic rings. The van der Waals surface area contributed by atoms with Crippen LogP contribution >= 0.6 is 0 Å². The maximum absolute atomic E-state index is 12.2. The number of carbonyl (C=O) groups is 1. The lowest BCUT2D eigenvalue weighted by Crippen LogP contribution is -2.46. The largest absolute Gasteiger partial charge is 0.494 e. The highest BCUT2D eigenvalue weighted by Crippen LogP contribution is 2.22. The number of benzene rings is 2. The first-order valence-electron chi connectivity index (χ1n) is 12.8. The van der Waals surface area contributed by atoms with Gasteiger partial charge in [-0.15, -0.1) is 0 Å². The van der Waals surface area contributed by atoms with Crippen LogP contribution in [0.25, 0.3) is 0 Å². The van der Waals surface area contributed by atoms with Crippen molar-refractivity contribution in [3.05, 3.63) is 71.5 Å². The predicted molar refractivity (Wildman–Crippen MR) is 146 cm³/mol. The molecule has 0 spiro atoms. The Balaban J connectivity index is 1.32. The van der Waals surface area contributed by atoms with Gasteiger partial charge in [0.25, 0.3) is 5.91 Å². The first kappa shape index (κ1) is 26.4. The molecule has 1 amide bonds. The molecule has 0 aliphatic carbocycles. The van der Waals surface area contributed by atoms with Crippen LogP contribution in [-0.2, 0) is 17.7 Å². The summed E-state index contributed by atoms with van der Waals surface area (Å²) >= 11 is 0. The minimum Gasteiger partial charge on any atom is -0.494 e. The first-order chi connectivity index (χ1) is 18.1. The smallest absolute Gasteiger partial charge is 0.274 e. The summed E-state index contributed by atoms with van der Waals surface area (Å²) in [6, 6.07) is 14.0. The highest BCUT2D eigenvalue weighted by Gasteiger charge is 2.15. The topological polar surface area (TPSA) is 91.9 Å². The van der Waals surface area contributed by atoms with E-state index in [4.69, 9.17) is 9.57 Å². The van der Waals surface area contributed by atoms with Crippen molar-refractivity contribution in [1.82, 2.24) is 20.3 Å². The van der Waals surface area contributed by atoms with E-state index in [1.165, 1.54) is 12.8 Å². The van der Waals surface area contributed by atoms with Crippen molar-refractivity contribution >= 4 is 23.2 Å². The Labute approximate surface area is 218 Å². The summed E-state index contributed by atoms with van der Waals surface area (Å²) in [6.45, 7) is 10.1. The Morgan fingerprint density at radius 2 is 1.65 bits per heavy atom. The van der Waals surface area contributed by atoms with Gasteiger partial charge in [0.05, 0.1) is 13.7 Å². The molecule has 1 fully saturated rings. The van der Waals surface area contributed by atoms with Crippen LogP contribution in [0, 0.1) is 0 Å². The molecule has 9 heteroatoms. The number of amides is 1. The van der Waals surface area contributed by atoms with Crippen LogP contribution in [0.1, 0.15) is 35.3 Å². The number of ether oxygens (including phenoxy) is 1. The number of hydroxylamine groups is 1. The molecular weight excluding hydrogens is 468 g/mol. The summed E-state index contributed by atoms with van der Waals surface area (Å²) in [7, 11) is 1.41. The summed E-state index contributed by atoms with van der Waals surface area (Å²) in [6.07, 6.45) is 5.13. The second-order valence-corrected chi connectivity index (χ2v) is 8.94. The van der Waals surface area contributed by atoms with Crippen molar-refractivity contribution in [2.24, 2.45) is 0 Å². The van der Waals surface area contributed by atoms with E-state index in [0.717, 1.165) is 62.4 Å². The summed E-state index contributed by atoms with van der Waals surface area (Å²) in [5, 5.41) is 3.28. The van der Waals surface area contributed by atoms with Crippen LogP contribution in [-0.4, -0.2) is 67.2 Å². The molecule has 9 nitrogen and oxygen atoms in total. The maximum atomic E-state index is 12.2. The van der Waals surface area contributed by atoms with Gasteiger partial charge in [0, 0.05) is 55.5 Å². The molecule has 4 rings (SSSR count). The van der Waals surface area contributed by atoms with E-state index in [2.05, 4.69) is 61.8 Å². The normalized spacial score (nSPS) is 13.9. The Morgan fingerprint density at radius 3 is 2.30 bits per heavy atom. The van der Waals surface area contributed by atoms with Crippen LogP contribution < -0.4 is 20.4 Å². The first-order valence-corrected chi connectivity index (χ1v) is 12.8. The van der Waals surface area contributed by atoms with E-state index < -0.39 is 0 Å². The third-order valence-electron chi connectivity index (χ3n) is 6.45. The standard InChI is InChI=1S/C28H36N6O3/c1-4-33-12-14-34(15-13-33)25-10-8-24(9-11-25)31-28-29-19-22(20-30-28)7-6-21-16-23(27(35)32-36-3)18-26(17-21)37-5-2/h8-11,16-20H,4-7,12-15H2,1-3H3,(H,32,35)(H,29,30,31). The highest BCUT2D eigenvalue weighted by atomic mass is 16.6. The van der Waals surface area contributed by atoms with Gasteiger partial charge >= 0.3 is 0 Å². The second-order valence-electron chi connectivity index (χ2n) is 8.94. The number of nitrogens with one attached hydrogen (secondary N) is 2. The number of likely N-dealkylation sites (N-methyl/N-ethyl adjacent to an activating group) is 1. The number of aromatic nitrogens is 2. The number of piperazine rings is 1. The molecule has 0 bridgehead atoms. The Hall–Kier alpha value is -3.69. The minimum atomic E-state index is -0.309. The number of nitrogens with zero attached hydrogens (tertiary/aromatic N) is 4. The van der Waals surface area contributed by atoms with Gasteiger partial charge in [0.1, 0.15) is 5.75 Å². The fourth-order valence-electron chi connectivity index (χ4n) is 4.38. The number of rotatable bonds is 11. The molecule has 0 saturated carbocycles. The molecule has 0 radical (unpaired) electrons. The molecule has 1 saturated heterocycles. The van der Waals surface area contributed by atoms with E-state index in [1.54, 1.807) is 6.07 Å². The molecule has 2 N–H and O–H groups in total. The van der Waals surface area contributed by atoms with Crippen LogP contribution in [0.5, 0.6) is 5.75 Å². The number of hydrogen-bond donors (Lipinski definition) is 2. The number of anilines is 3. The molecule has 37 heavy (non-hydrogen) atoms. The quantitative estimate of drug-likeness (QED) is 0.381. The lowest BCUT2D eigenvalue weighted by Gasteiger charge is -2.35. The molecule has 1 aromatic heterocycles. The Bertz CT molecular complexity index is 1150. The number of hydrogen-bond acceptors (Lipinski definition) is 8. The van der Waals surface area contributed by atoms with Gasteiger partial charge in [0.2, 0.25) is 5.95 Å². The SMILES string of the molecule is CCOc1cc(CCc2cnc(Nc3ccc(N4CCN(CC)CC4)cc3)nc2)cc(C(=O)NOC)c1. The summed E-state index contributed by atoms with van der Waals surface area (Å²) in [4.78, 5) is 30.9. The third kappa shape index (κ3) is 7.41. The van der Waals surface area contributed by atoms with Gasteiger partial charge in [-0.3, -0.25) is 9.63 Å². The van der Waals surface area contributed by atoms with E-state index in [0.29, 0.717) is 23.9 Å². The second kappa shape index (κ2) is 13.0. The van der Waals surface area contributed by atoms with Gasteiger partial charge in [-0.25, -0.2) is 15.4 Å². The summed E-state index contributed by atoms with van der Waals surface area (Å²) in [5.74, 6) is 0.910. The highest BCUT2D eigenvalue weighted by molar-refractivity contribution is 5.94. The van der Waals surface area contributed by atoms with Gasteiger partial charge in [0.15, 0.2) is 0 Å². The summed E-state index contributed by atoms with van der Waals surface area (Å²) < 4.78 is 5.63. The van der Waals surface area contributed by atoms with Crippen molar-refractivity contribution in [2.45, 2.75) is 26.7 Å². The van der Waals surface area contributed by atoms with E-state index >= 15 is 0 Å². The minimum absolute atomic E-state index is 0.309. The average molecular weight is 505 g/mol.